The SMILES string of the molecule is CCc1ccc(Oc2cc(Cl)ccc2CNC)cc1. The quantitative estimate of drug-likeness (QED) is 0.872. The Morgan fingerprint density at radius 2 is 1.84 bits per heavy atom. The van der Waals surface area contributed by atoms with Crippen molar-refractivity contribution in [2.24, 2.45) is 0 Å². The molecular weight excluding hydrogens is 258 g/mol. The first-order chi connectivity index (χ1) is 9.22. The number of aryl methyl sites for hydroxylation is 1. The minimum absolute atomic E-state index is 0.681. The van der Waals surface area contributed by atoms with E-state index in [1.165, 1.54) is 5.56 Å². The van der Waals surface area contributed by atoms with Gasteiger partial charge in [-0.25, -0.2) is 0 Å². The van der Waals surface area contributed by atoms with Crippen molar-refractivity contribution in [2.75, 3.05) is 7.05 Å². The number of halogens is 1. The van der Waals surface area contributed by atoms with Gasteiger partial charge in [-0.15, -0.1) is 0 Å². The first-order valence-electron chi connectivity index (χ1n) is 6.42. The molecular formula is C16H18ClNO. The normalized spacial score (nSPS) is 10.5. The molecule has 0 amide bonds. The Morgan fingerprint density at radius 1 is 1.11 bits per heavy atom. The Balaban J connectivity index is 2.23. The lowest BCUT2D eigenvalue weighted by molar-refractivity contribution is 0.474. The monoisotopic (exact) mass is 275 g/mol. The maximum atomic E-state index is 6.03. The summed E-state index contributed by atoms with van der Waals surface area (Å²) in [5, 5.41) is 3.81. The number of hydrogen-bond acceptors (Lipinski definition) is 2. The molecule has 0 unspecified atom stereocenters. The zero-order chi connectivity index (χ0) is 13.7. The van der Waals surface area contributed by atoms with Crippen molar-refractivity contribution >= 4 is 11.6 Å². The summed E-state index contributed by atoms with van der Waals surface area (Å²) in [5.74, 6) is 1.63. The van der Waals surface area contributed by atoms with Crippen LogP contribution in [0.4, 0.5) is 0 Å². The Kier molecular flexibility index (Phi) is 4.83. The molecule has 0 saturated heterocycles. The van der Waals surface area contributed by atoms with Crippen molar-refractivity contribution in [3.63, 3.8) is 0 Å². The average molecular weight is 276 g/mol. The van der Waals surface area contributed by atoms with E-state index in [9.17, 15) is 0 Å². The summed E-state index contributed by atoms with van der Waals surface area (Å²) in [7, 11) is 1.91. The molecule has 0 aromatic heterocycles. The Hall–Kier alpha value is -1.51. The van der Waals surface area contributed by atoms with Crippen LogP contribution in [0.5, 0.6) is 11.5 Å². The Labute approximate surface area is 119 Å². The van der Waals surface area contributed by atoms with E-state index >= 15 is 0 Å². The average Bonchev–Trinajstić information content (AvgIpc) is 2.43. The molecule has 0 aliphatic carbocycles. The van der Waals surface area contributed by atoms with Gasteiger partial charge < -0.3 is 10.1 Å². The summed E-state index contributed by atoms with van der Waals surface area (Å²) in [4.78, 5) is 0. The van der Waals surface area contributed by atoms with E-state index in [1.807, 2.05) is 37.4 Å². The number of hydrogen-bond donors (Lipinski definition) is 1. The van der Waals surface area contributed by atoms with Crippen LogP contribution in [0.25, 0.3) is 0 Å². The molecule has 2 nitrogen and oxygen atoms in total. The van der Waals surface area contributed by atoms with Gasteiger partial charge in [0.25, 0.3) is 0 Å². The number of ether oxygens (including phenoxy) is 1. The third kappa shape index (κ3) is 3.72. The van der Waals surface area contributed by atoms with Crippen LogP contribution in [0.1, 0.15) is 18.1 Å². The number of benzene rings is 2. The zero-order valence-electron chi connectivity index (χ0n) is 11.2. The van der Waals surface area contributed by atoms with E-state index in [4.69, 9.17) is 16.3 Å². The second-order valence-corrected chi connectivity index (χ2v) is 4.82. The molecule has 0 heterocycles. The standard InChI is InChI=1S/C16H18ClNO/c1-3-12-4-8-15(9-5-12)19-16-10-14(17)7-6-13(16)11-18-2/h4-10,18H,3,11H2,1-2H3. The van der Waals surface area contributed by atoms with Crippen LogP contribution in [-0.2, 0) is 13.0 Å². The molecule has 2 aromatic carbocycles. The van der Waals surface area contributed by atoms with Crippen molar-refractivity contribution in [1.29, 1.82) is 0 Å². The fourth-order valence-electron chi connectivity index (χ4n) is 1.88. The Morgan fingerprint density at radius 3 is 2.47 bits per heavy atom. The molecule has 1 N–H and O–H groups in total. The first-order valence-corrected chi connectivity index (χ1v) is 6.80. The molecule has 0 bridgehead atoms. The summed E-state index contributed by atoms with van der Waals surface area (Å²) < 4.78 is 5.92. The van der Waals surface area contributed by atoms with Gasteiger partial charge in [0.15, 0.2) is 0 Å². The van der Waals surface area contributed by atoms with Gasteiger partial charge in [-0.05, 0) is 43.3 Å². The zero-order valence-corrected chi connectivity index (χ0v) is 12.0. The molecule has 2 rings (SSSR count). The molecule has 0 radical (unpaired) electrons. The van der Waals surface area contributed by atoms with E-state index < -0.39 is 0 Å². The second kappa shape index (κ2) is 6.60. The van der Waals surface area contributed by atoms with Crippen LogP contribution in [0, 0.1) is 0 Å². The highest BCUT2D eigenvalue weighted by Crippen LogP contribution is 2.28. The molecule has 3 heteroatoms. The molecule has 2 aromatic rings. The molecule has 0 saturated carbocycles. The van der Waals surface area contributed by atoms with Crippen molar-refractivity contribution < 1.29 is 4.74 Å². The minimum Gasteiger partial charge on any atom is -0.457 e. The van der Waals surface area contributed by atoms with Gasteiger partial charge in [0.05, 0.1) is 0 Å². The molecule has 19 heavy (non-hydrogen) atoms. The fourth-order valence-corrected chi connectivity index (χ4v) is 2.04. The summed E-state index contributed by atoms with van der Waals surface area (Å²) in [5.41, 5.74) is 2.39. The van der Waals surface area contributed by atoms with Crippen LogP contribution in [-0.4, -0.2) is 7.05 Å². The summed E-state index contributed by atoms with van der Waals surface area (Å²) in [6.07, 6.45) is 1.03. The molecule has 0 fully saturated rings. The van der Waals surface area contributed by atoms with Crippen LogP contribution >= 0.6 is 11.6 Å². The topological polar surface area (TPSA) is 21.3 Å². The lowest BCUT2D eigenvalue weighted by Crippen LogP contribution is -2.06. The van der Waals surface area contributed by atoms with E-state index in [0.717, 1.165) is 30.0 Å². The first kappa shape index (κ1) is 13.9. The van der Waals surface area contributed by atoms with Gasteiger partial charge in [-0.2, -0.15) is 0 Å². The van der Waals surface area contributed by atoms with Gasteiger partial charge in [0.1, 0.15) is 11.5 Å². The van der Waals surface area contributed by atoms with Crippen LogP contribution in [0.3, 0.4) is 0 Å². The van der Waals surface area contributed by atoms with Crippen molar-refractivity contribution in [2.45, 2.75) is 19.9 Å². The minimum atomic E-state index is 0.681. The van der Waals surface area contributed by atoms with E-state index in [2.05, 4.69) is 24.4 Å². The summed E-state index contributed by atoms with van der Waals surface area (Å²) in [6.45, 7) is 2.89. The number of rotatable bonds is 5. The Bertz CT molecular complexity index is 537. The highest BCUT2D eigenvalue weighted by molar-refractivity contribution is 6.30. The summed E-state index contributed by atoms with van der Waals surface area (Å²) >= 11 is 6.03. The van der Waals surface area contributed by atoms with Gasteiger partial charge in [-0.3, -0.25) is 0 Å². The van der Waals surface area contributed by atoms with E-state index in [0.29, 0.717) is 5.02 Å². The van der Waals surface area contributed by atoms with Crippen molar-refractivity contribution in [3.8, 4) is 11.5 Å². The largest absolute Gasteiger partial charge is 0.457 e. The van der Waals surface area contributed by atoms with Gasteiger partial charge >= 0.3 is 0 Å². The highest BCUT2D eigenvalue weighted by Gasteiger charge is 2.05. The molecule has 0 spiro atoms. The van der Waals surface area contributed by atoms with Crippen molar-refractivity contribution in [3.05, 3.63) is 58.6 Å². The molecule has 0 aliphatic heterocycles. The maximum Gasteiger partial charge on any atom is 0.133 e. The predicted molar refractivity (Wildman–Crippen MR) is 80.1 cm³/mol. The van der Waals surface area contributed by atoms with Gasteiger partial charge in [0, 0.05) is 17.1 Å². The van der Waals surface area contributed by atoms with Gasteiger partial charge in [0.2, 0.25) is 0 Å². The summed E-state index contributed by atoms with van der Waals surface area (Å²) in [6, 6.07) is 13.8. The van der Waals surface area contributed by atoms with Gasteiger partial charge in [-0.1, -0.05) is 36.7 Å². The number of nitrogens with one attached hydrogen (secondary N) is 1. The third-order valence-electron chi connectivity index (χ3n) is 2.96. The van der Waals surface area contributed by atoms with Crippen LogP contribution in [0.2, 0.25) is 5.02 Å². The van der Waals surface area contributed by atoms with E-state index in [-0.39, 0.29) is 0 Å². The molecule has 0 aliphatic rings. The second-order valence-electron chi connectivity index (χ2n) is 4.38. The fraction of sp³-hybridized carbons (Fsp3) is 0.250. The maximum absolute atomic E-state index is 6.03. The van der Waals surface area contributed by atoms with Crippen LogP contribution < -0.4 is 10.1 Å². The van der Waals surface area contributed by atoms with Crippen molar-refractivity contribution in [1.82, 2.24) is 5.32 Å². The highest BCUT2D eigenvalue weighted by atomic mass is 35.5. The smallest absolute Gasteiger partial charge is 0.133 e. The third-order valence-corrected chi connectivity index (χ3v) is 3.19. The lowest BCUT2D eigenvalue weighted by Gasteiger charge is -2.12. The molecule has 0 atom stereocenters. The predicted octanol–water partition coefficient (Wildman–Crippen LogP) is 4.41. The molecule has 100 valence electrons. The van der Waals surface area contributed by atoms with E-state index in [1.54, 1.807) is 0 Å². The lowest BCUT2D eigenvalue weighted by atomic mass is 10.1. The van der Waals surface area contributed by atoms with Crippen LogP contribution in [0.15, 0.2) is 42.5 Å².